The van der Waals surface area contributed by atoms with Gasteiger partial charge in [0.25, 0.3) is 5.69 Å². The number of carbonyl (C=O) groups is 1. The lowest BCUT2D eigenvalue weighted by atomic mass is 10.2. The van der Waals surface area contributed by atoms with Crippen molar-refractivity contribution in [3.63, 3.8) is 0 Å². The molecule has 0 fully saturated rings. The first kappa shape index (κ1) is 16.7. The third-order valence-corrected chi connectivity index (χ3v) is 2.88. The number of carboxylic acid groups (broad SMARTS) is 1. The lowest BCUT2D eigenvalue weighted by Crippen LogP contribution is -2.19. The summed E-state index contributed by atoms with van der Waals surface area (Å²) in [7, 11) is 1.77. The molecule has 0 atom stereocenters. The van der Waals surface area contributed by atoms with E-state index < -0.39 is 10.9 Å². The summed E-state index contributed by atoms with van der Waals surface area (Å²) in [5, 5.41) is 19.6. The Balaban J connectivity index is 2.85. The Labute approximate surface area is 123 Å². The highest BCUT2D eigenvalue weighted by molar-refractivity contribution is 5.66. The summed E-state index contributed by atoms with van der Waals surface area (Å²) in [4.78, 5) is 22.8. The first-order valence-electron chi connectivity index (χ1n) is 6.79. The number of nitro benzene ring substituents is 1. The van der Waals surface area contributed by atoms with Gasteiger partial charge in [-0.05, 0) is 12.8 Å². The number of nitrogens with zero attached hydrogens (tertiary/aromatic N) is 2. The van der Waals surface area contributed by atoms with Crippen molar-refractivity contribution in [3.8, 4) is 5.75 Å². The van der Waals surface area contributed by atoms with Gasteiger partial charge in [-0.25, -0.2) is 0 Å². The van der Waals surface area contributed by atoms with Crippen LogP contribution in [0.15, 0.2) is 18.2 Å². The van der Waals surface area contributed by atoms with E-state index >= 15 is 0 Å². The van der Waals surface area contributed by atoms with E-state index in [1.807, 2.05) is 6.92 Å². The summed E-state index contributed by atoms with van der Waals surface area (Å²) in [5.41, 5.74) is 0.601. The molecule has 7 heteroatoms. The predicted molar refractivity (Wildman–Crippen MR) is 79.0 cm³/mol. The Kier molecular flexibility index (Phi) is 6.45. The molecule has 0 bridgehead atoms. The third-order valence-electron chi connectivity index (χ3n) is 2.88. The number of carboxylic acids is 1. The number of nitro groups is 1. The van der Waals surface area contributed by atoms with Crippen molar-refractivity contribution in [1.29, 1.82) is 0 Å². The third kappa shape index (κ3) is 5.68. The first-order valence-corrected chi connectivity index (χ1v) is 6.79. The van der Waals surface area contributed by atoms with E-state index in [1.165, 1.54) is 12.1 Å². The molecule has 0 unspecified atom stereocenters. The second-order valence-electron chi connectivity index (χ2n) is 4.71. The maximum Gasteiger partial charge on any atom is 0.303 e. The molecule has 0 spiro atoms. The Hall–Kier alpha value is -2.31. The molecule has 0 saturated carbocycles. The molecule has 1 aromatic rings. The number of hydrogen-bond acceptors (Lipinski definition) is 5. The van der Waals surface area contributed by atoms with E-state index in [1.54, 1.807) is 18.0 Å². The molecule has 0 aromatic heterocycles. The normalized spacial score (nSPS) is 10.2. The number of benzene rings is 1. The quantitative estimate of drug-likeness (QED) is 0.556. The number of hydrogen-bond donors (Lipinski definition) is 1. The number of ether oxygens (including phenoxy) is 1. The van der Waals surface area contributed by atoms with E-state index in [0.717, 1.165) is 6.42 Å². The molecule has 0 radical (unpaired) electrons. The van der Waals surface area contributed by atoms with Crippen LogP contribution in [-0.4, -0.2) is 36.2 Å². The number of rotatable bonds is 9. The van der Waals surface area contributed by atoms with Crippen molar-refractivity contribution >= 4 is 17.3 Å². The van der Waals surface area contributed by atoms with Crippen molar-refractivity contribution in [2.45, 2.75) is 26.2 Å². The van der Waals surface area contributed by atoms with E-state index in [2.05, 4.69) is 0 Å². The van der Waals surface area contributed by atoms with Crippen LogP contribution in [0.3, 0.4) is 0 Å². The van der Waals surface area contributed by atoms with Crippen LogP contribution >= 0.6 is 0 Å². The minimum Gasteiger partial charge on any atom is -0.493 e. The van der Waals surface area contributed by atoms with E-state index in [0.29, 0.717) is 31.0 Å². The van der Waals surface area contributed by atoms with Crippen molar-refractivity contribution in [2.24, 2.45) is 0 Å². The van der Waals surface area contributed by atoms with Crippen molar-refractivity contribution < 1.29 is 19.6 Å². The number of anilines is 1. The van der Waals surface area contributed by atoms with Crippen LogP contribution in [0.25, 0.3) is 0 Å². The second kappa shape index (κ2) is 8.08. The van der Waals surface area contributed by atoms with Crippen LogP contribution in [0.2, 0.25) is 0 Å². The van der Waals surface area contributed by atoms with E-state index in [9.17, 15) is 14.9 Å². The lowest BCUT2D eigenvalue weighted by Gasteiger charge is -2.19. The van der Waals surface area contributed by atoms with Crippen molar-refractivity contribution in [1.82, 2.24) is 0 Å². The molecule has 0 aliphatic heterocycles. The molecular weight excluding hydrogens is 276 g/mol. The predicted octanol–water partition coefficient (Wildman–Crippen LogP) is 2.68. The van der Waals surface area contributed by atoms with Gasteiger partial charge in [0.15, 0.2) is 0 Å². The highest BCUT2D eigenvalue weighted by atomic mass is 16.6. The van der Waals surface area contributed by atoms with Gasteiger partial charge >= 0.3 is 5.97 Å². The molecule has 0 aliphatic rings. The standard InChI is InChI=1S/C14H20N2O5/c1-3-7-21-13-9-11(8-12(10-13)16(19)20)15(2)6-4-5-14(17)18/h8-10H,3-7H2,1-2H3,(H,17,18). The van der Waals surface area contributed by atoms with Gasteiger partial charge in [0.1, 0.15) is 5.75 Å². The van der Waals surface area contributed by atoms with Gasteiger partial charge in [0, 0.05) is 37.8 Å². The van der Waals surface area contributed by atoms with Crippen LogP contribution in [0.5, 0.6) is 5.75 Å². The Morgan fingerprint density at radius 1 is 1.43 bits per heavy atom. The Bertz CT molecular complexity index is 504. The summed E-state index contributed by atoms with van der Waals surface area (Å²) < 4.78 is 5.45. The second-order valence-corrected chi connectivity index (χ2v) is 4.71. The summed E-state index contributed by atoms with van der Waals surface area (Å²) in [6.07, 6.45) is 1.35. The van der Waals surface area contributed by atoms with Gasteiger partial charge in [0.2, 0.25) is 0 Å². The van der Waals surface area contributed by atoms with Gasteiger partial charge in [-0.1, -0.05) is 6.92 Å². The summed E-state index contributed by atoms with van der Waals surface area (Å²) in [5.74, 6) is -0.402. The van der Waals surface area contributed by atoms with Gasteiger partial charge in [-0.15, -0.1) is 0 Å². The van der Waals surface area contributed by atoms with Crippen LogP contribution < -0.4 is 9.64 Å². The molecule has 21 heavy (non-hydrogen) atoms. The minimum atomic E-state index is -0.852. The summed E-state index contributed by atoms with van der Waals surface area (Å²) in [6, 6.07) is 4.58. The fraction of sp³-hybridized carbons (Fsp3) is 0.500. The van der Waals surface area contributed by atoms with Crippen LogP contribution in [0, 0.1) is 10.1 Å². The van der Waals surface area contributed by atoms with Gasteiger partial charge < -0.3 is 14.7 Å². The maximum atomic E-state index is 11.0. The Morgan fingerprint density at radius 2 is 2.14 bits per heavy atom. The van der Waals surface area contributed by atoms with Crippen LogP contribution in [-0.2, 0) is 4.79 Å². The zero-order valence-corrected chi connectivity index (χ0v) is 12.2. The smallest absolute Gasteiger partial charge is 0.303 e. The molecule has 0 amide bonds. The average molecular weight is 296 g/mol. The van der Waals surface area contributed by atoms with Gasteiger partial charge in [0.05, 0.1) is 17.6 Å². The summed E-state index contributed by atoms with van der Waals surface area (Å²) in [6.45, 7) is 2.94. The maximum absolute atomic E-state index is 11.0. The highest BCUT2D eigenvalue weighted by Gasteiger charge is 2.13. The molecule has 0 saturated heterocycles. The van der Waals surface area contributed by atoms with Crippen molar-refractivity contribution in [3.05, 3.63) is 28.3 Å². The molecular formula is C14H20N2O5. The molecule has 1 N–H and O–H groups in total. The lowest BCUT2D eigenvalue weighted by molar-refractivity contribution is -0.384. The molecule has 0 aliphatic carbocycles. The van der Waals surface area contributed by atoms with Crippen LogP contribution in [0.1, 0.15) is 26.2 Å². The molecule has 7 nitrogen and oxygen atoms in total. The van der Waals surface area contributed by atoms with E-state index in [4.69, 9.17) is 9.84 Å². The fourth-order valence-corrected chi connectivity index (χ4v) is 1.79. The minimum absolute atomic E-state index is 0.0383. The largest absolute Gasteiger partial charge is 0.493 e. The Morgan fingerprint density at radius 3 is 2.71 bits per heavy atom. The SMILES string of the molecule is CCCOc1cc(N(C)CCCC(=O)O)cc([N+](=O)[O-])c1. The van der Waals surface area contributed by atoms with E-state index in [-0.39, 0.29) is 12.1 Å². The topological polar surface area (TPSA) is 92.9 Å². The number of aliphatic carboxylic acids is 1. The average Bonchev–Trinajstić information content (AvgIpc) is 2.44. The molecule has 116 valence electrons. The number of non-ortho nitro benzene ring substituents is 1. The van der Waals surface area contributed by atoms with Gasteiger partial charge in [-0.2, -0.15) is 0 Å². The fourth-order valence-electron chi connectivity index (χ4n) is 1.79. The molecule has 1 aromatic carbocycles. The van der Waals surface area contributed by atoms with Crippen molar-refractivity contribution in [2.75, 3.05) is 25.1 Å². The molecule has 1 rings (SSSR count). The monoisotopic (exact) mass is 296 g/mol. The zero-order chi connectivity index (χ0) is 15.8. The first-order chi connectivity index (χ1) is 9.93. The summed E-state index contributed by atoms with van der Waals surface area (Å²) >= 11 is 0. The zero-order valence-electron chi connectivity index (χ0n) is 12.2. The van der Waals surface area contributed by atoms with Crippen LogP contribution in [0.4, 0.5) is 11.4 Å². The molecule has 0 heterocycles. The van der Waals surface area contributed by atoms with Gasteiger partial charge in [-0.3, -0.25) is 14.9 Å². The highest BCUT2D eigenvalue weighted by Crippen LogP contribution is 2.28.